The number of hydrogen-bond acceptors (Lipinski definition) is 2. The van der Waals surface area contributed by atoms with Gasteiger partial charge in [-0.3, -0.25) is 0 Å². The smallest absolute Gasteiger partial charge is 0.0583 e. The van der Waals surface area contributed by atoms with Crippen molar-refractivity contribution in [3.63, 3.8) is 0 Å². The second-order valence-corrected chi connectivity index (χ2v) is 20.3. The van der Waals surface area contributed by atoms with Crippen LogP contribution in [0.5, 0.6) is 0 Å². The molecule has 2 aliphatic rings. The van der Waals surface area contributed by atoms with Gasteiger partial charge in [0.1, 0.15) is 0 Å². The van der Waals surface area contributed by atoms with Crippen LogP contribution in [0, 0.1) is 41.5 Å². The first kappa shape index (κ1) is 39.5. The zero-order valence-corrected chi connectivity index (χ0v) is 39.3. The molecule has 318 valence electrons. The average Bonchev–Trinajstić information content (AvgIpc) is 3.60. The molecule has 2 aliphatic heterocycles. The molecule has 0 saturated carbocycles. The third-order valence-corrected chi connectivity index (χ3v) is 15.1. The SMILES string of the molecule is Cc1cc(C)c(N(c2ccc3ccccc3c2)c2cc3c4c(c2)c2cc(N(c5ccc6ccccc6c5)c5c(C)cc(C)cc5C)cc5c2n4-c2c(cccc2C5(C)C)C3(C)C)c(C)c1. The van der Waals surface area contributed by atoms with Crippen molar-refractivity contribution in [1.82, 2.24) is 4.57 Å². The molecule has 3 heteroatoms. The van der Waals surface area contributed by atoms with Crippen molar-refractivity contribution < 1.29 is 0 Å². The first-order valence-corrected chi connectivity index (χ1v) is 23.3. The Morgan fingerprint density at radius 1 is 0.354 bits per heavy atom. The van der Waals surface area contributed by atoms with Gasteiger partial charge in [0.25, 0.3) is 0 Å². The van der Waals surface area contributed by atoms with Gasteiger partial charge in [-0.1, -0.05) is 142 Å². The minimum Gasteiger partial charge on any atom is -0.310 e. The van der Waals surface area contributed by atoms with Crippen molar-refractivity contribution >= 4 is 77.5 Å². The van der Waals surface area contributed by atoms with Gasteiger partial charge in [-0.2, -0.15) is 0 Å². The van der Waals surface area contributed by atoms with E-state index in [1.54, 1.807) is 0 Å². The van der Waals surface area contributed by atoms with Gasteiger partial charge < -0.3 is 14.4 Å². The molecule has 0 fully saturated rings. The Morgan fingerprint density at radius 3 is 1.14 bits per heavy atom. The molecule has 1 aromatic heterocycles. The lowest BCUT2D eigenvalue weighted by molar-refractivity contribution is 0.593. The number of aromatic nitrogens is 1. The van der Waals surface area contributed by atoms with Crippen LogP contribution in [0.15, 0.2) is 152 Å². The van der Waals surface area contributed by atoms with Crippen molar-refractivity contribution in [1.29, 1.82) is 0 Å². The van der Waals surface area contributed by atoms with E-state index in [1.807, 2.05) is 0 Å². The van der Waals surface area contributed by atoms with E-state index in [2.05, 4.69) is 235 Å². The lowest BCUT2D eigenvalue weighted by Gasteiger charge is -2.42. The van der Waals surface area contributed by atoms with Crippen molar-refractivity contribution in [3.05, 3.63) is 207 Å². The summed E-state index contributed by atoms with van der Waals surface area (Å²) in [5.41, 5.74) is 23.6. The summed E-state index contributed by atoms with van der Waals surface area (Å²) in [6, 6.07) is 57.9. The van der Waals surface area contributed by atoms with E-state index in [0.29, 0.717) is 0 Å². The van der Waals surface area contributed by atoms with Crippen LogP contribution in [0.2, 0.25) is 0 Å². The number of rotatable bonds is 6. The van der Waals surface area contributed by atoms with Crippen LogP contribution >= 0.6 is 0 Å². The van der Waals surface area contributed by atoms with Crippen LogP contribution in [0.1, 0.15) is 83.3 Å². The maximum Gasteiger partial charge on any atom is 0.0583 e. The summed E-state index contributed by atoms with van der Waals surface area (Å²) in [4.78, 5) is 5.10. The highest BCUT2D eigenvalue weighted by atomic mass is 15.2. The number of hydrogen-bond donors (Lipinski definition) is 0. The first-order valence-electron chi connectivity index (χ1n) is 23.3. The highest BCUT2D eigenvalue weighted by molar-refractivity contribution is 6.16. The molecular formula is C62H55N3. The van der Waals surface area contributed by atoms with Crippen molar-refractivity contribution in [2.45, 2.75) is 80.1 Å². The Hall–Kier alpha value is -7.10. The van der Waals surface area contributed by atoms with Crippen molar-refractivity contribution in [3.8, 4) is 5.69 Å². The van der Waals surface area contributed by atoms with Crippen LogP contribution in [0.4, 0.5) is 34.1 Å². The summed E-state index contributed by atoms with van der Waals surface area (Å²) >= 11 is 0. The molecule has 0 spiro atoms. The van der Waals surface area contributed by atoms with E-state index in [0.717, 1.165) is 11.4 Å². The van der Waals surface area contributed by atoms with Gasteiger partial charge in [-0.05, 0) is 156 Å². The van der Waals surface area contributed by atoms with E-state index >= 15 is 0 Å². The average molecular weight is 842 g/mol. The maximum atomic E-state index is 2.66. The summed E-state index contributed by atoms with van der Waals surface area (Å²) < 4.78 is 2.66. The predicted octanol–water partition coefficient (Wildman–Crippen LogP) is 17.2. The van der Waals surface area contributed by atoms with Crippen molar-refractivity contribution in [2.75, 3.05) is 9.80 Å². The third kappa shape index (κ3) is 5.61. The summed E-state index contributed by atoms with van der Waals surface area (Å²) in [6.07, 6.45) is 0. The summed E-state index contributed by atoms with van der Waals surface area (Å²) in [5, 5.41) is 7.52. The lowest BCUT2D eigenvalue weighted by Crippen LogP contribution is -2.33. The molecule has 0 N–H and O–H groups in total. The van der Waals surface area contributed by atoms with Gasteiger partial charge in [0.15, 0.2) is 0 Å². The van der Waals surface area contributed by atoms with Crippen LogP contribution in [-0.2, 0) is 10.8 Å². The number of aryl methyl sites for hydroxylation is 6. The Labute approximate surface area is 383 Å². The van der Waals surface area contributed by atoms with Gasteiger partial charge >= 0.3 is 0 Å². The Morgan fingerprint density at radius 2 is 0.738 bits per heavy atom. The molecule has 10 aromatic rings. The third-order valence-electron chi connectivity index (χ3n) is 15.1. The molecule has 65 heavy (non-hydrogen) atoms. The largest absolute Gasteiger partial charge is 0.310 e. The molecule has 0 amide bonds. The van der Waals surface area contributed by atoms with E-state index < -0.39 is 0 Å². The molecule has 0 bridgehead atoms. The van der Waals surface area contributed by atoms with Crippen LogP contribution in [-0.4, -0.2) is 4.57 Å². The zero-order valence-electron chi connectivity index (χ0n) is 39.3. The molecule has 3 heterocycles. The fourth-order valence-corrected chi connectivity index (χ4v) is 12.3. The Balaban J connectivity index is 1.23. The number of benzene rings is 9. The van der Waals surface area contributed by atoms with Crippen LogP contribution < -0.4 is 9.80 Å². The maximum absolute atomic E-state index is 2.66. The summed E-state index contributed by atoms with van der Waals surface area (Å²) in [6.45, 7) is 23.3. The van der Waals surface area contributed by atoms with Gasteiger partial charge in [0.2, 0.25) is 0 Å². The summed E-state index contributed by atoms with van der Waals surface area (Å²) in [7, 11) is 0. The fraction of sp³-hybridized carbons (Fsp3) is 0.194. The highest BCUT2D eigenvalue weighted by Crippen LogP contribution is 2.58. The molecule has 0 aliphatic carbocycles. The van der Waals surface area contributed by atoms with E-state index in [-0.39, 0.29) is 10.8 Å². The quantitative estimate of drug-likeness (QED) is 0.165. The number of fused-ring (bicyclic) bond motifs is 3. The van der Waals surface area contributed by atoms with Gasteiger partial charge in [-0.15, -0.1) is 0 Å². The molecular weight excluding hydrogens is 787 g/mol. The lowest BCUT2D eigenvalue weighted by atomic mass is 9.68. The minimum atomic E-state index is -0.278. The summed E-state index contributed by atoms with van der Waals surface area (Å²) in [5.74, 6) is 0. The number of nitrogens with zero attached hydrogens (tertiary/aromatic N) is 3. The number of para-hydroxylation sites is 1. The predicted molar refractivity (Wildman–Crippen MR) is 278 cm³/mol. The monoisotopic (exact) mass is 841 g/mol. The molecule has 12 rings (SSSR count). The molecule has 9 aromatic carbocycles. The normalized spacial score (nSPS) is 14.2. The van der Waals surface area contributed by atoms with Gasteiger partial charge in [0, 0.05) is 44.4 Å². The molecule has 0 unspecified atom stereocenters. The zero-order chi connectivity index (χ0) is 44.8. The van der Waals surface area contributed by atoms with E-state index in [1.165, 1.54) is 127 Å². The van der Waals surface area contributed by atoms with Crippen LogP contribution in [0.3, 0.4) is 0 Å². The fourth-order valence-electron chi connectivity index (χ4n) is 12.3. The minimum absolute atomic E-state index is 0.278. The van der Waals surface area contributed by atoms with Gasteiger partial charge in [-0.25, -0.2) is 0 Å². The van der Waals surface area contributed by atoms with E-state index in [4.69, 9.17) is 0 Å². The van der Waals surface area contributed by atoms with Crippen LogP contribution in [0.25, 0.3) is 49.0 Å². The molecule has 3 nitrogen and oxygen atoms in total. The molecule has 0 radical (unpaired) electrons. The molecule has 0 atom stereocenters. The number of anilines is 6. The molecule has 0 saturated heterocycles. The van der Waals surface area contributed by atoms with Crippen molar-refractivity contribution in [2.24, 2.45) is 0 Å². The Bertz CT molecular complexity index is 3410. The van der Waals surface area contributed by atoms with Gasteiger partial charge in [0.05, 0.1) is 28.1 Å². The second-order valence-electron chi connectivity index (χ2n) is 20.3. The highest BCUT2D eigenvalue weighted by Gasteiger charge is 2.44. The topological polar surface area (TPSA) is 11.4 Å². The Kier molecular flexibility index (Phi) is 8.33. The first-order chi connectivity index (χ1) is 31.2. The second kappa shape index (κ2) is 13.7. The van der Waals surface area contributed by atoms with E-state index in [9.17, 15) is 0 Å². The standard InChI is InChI=1S/C62H55N3/c1-36-26-38(3)56(39(4)27-36)63(46-24-22-42-16-11-13-18-44(42)30-46)48-32-50-51-33-49(64(57-40(5)28-37(2)29-41(57)6)47-25-23-43-17-12-14-19-45(43)31-47)35-55-59(51)65-58(50)54(34-48)61(7,8)52-20-15-21-53(60(52)65)62(55,9)10/h11-35H,1-10H3.